The number of carbonyl (C=O) groups is 1. The van der Waals surface area contributed by atoms with Gasteiger partial charge in [-0.25, -0.2) is 0 Å². The molecule has 2 rings (SSSR count). The quantitative estimate of drug-likeness (QED) is 0.555. The first-order valence-electron chi connectivity index (χ1n) is 9.55. The maximum atomic E-state index is 12.0. The van der Waals surface area contributed by atoms with Crippen LogP contribution in [0.25, 0.3) is 0 Å². The minimum absolute atomic E-state index is 0.0358. The Labute approximate surface area is 157 Å². The zero-order valence-corrected chi connectivity index (χ0v) is 15.7. The van der Waals surface area contributed by atoms with Gasteiger partial charge in [-0.2, -0.15) is 0 Å². The molecule has 140 valence electrons. The van der Waals surface area contributed by atoms with Gasteiger partial charge >= 0.3 is 0 Å². The van der Waals surface area contributed by atoms with E-state index >= 15 is 0 Å². The first kappa shape index (κ1) is 20.0. The Morgan fingerprint density at radius 2 is 1.73 bits per heavy atom. The third-order valence-electron chi connectivity index (χ3n) is 4.12. The smallest absolute Gasteiger partial charge is 0.238 e. The second-order valence-corrected chi connectivity index (χ2v) is 6.39. The standard InChI is InChI=1S/C22H30N2O2/c1-2-3-4-8-17-26-21-13-11-20(12-14-21)24-22(25)18-23-16-15-19-9-6-5-7-10-19/h5-7,9-14,23H,2-4,8,15-18H2,1H3,(H,24,25). The Morgan fingerprint density at radius 3 is 2.46 bits per heavy atom. The molecule has 2 aromatic carbocycles. The van der Waals surface area contributed by atoms with Crippen LogP contribution in [0.2, 0.25) is 0 Å². The zero-order chi connectivity index (χ0) is 18.5. The Kier molecular flexibility index (Phi) is 9.30. The summed E-state index contributed by atoms with van der Waals surface area (Å²) in [5, 5.41) is 6.07. The average molecular weight is 354 g/mol. The predicted molar refractivity (Wildman–Crippen MR) is 108 cm³/mol. The number of hydrogen-bond donors (Lipinski definition) is 2. The number of carbonyl (C=O) groups excluding carboxylic acids is 1. The molecule has 26 heavy (non-hydrogen) atoms. The van der Waals surface area contributed by atoms with Crippen LogP contribution in [0.1, 0.15) is 38.2 Å². The van der Waals surface area contributed by atoms with E-state index in [1.165, 1.54) is 24.8 Å². The van der Waals surface area contributed by atoms with Gasteiger partial charge in [0.25, 0.3) is 0 Å². The summed E-state index contributed by atoms with van der Waals surface area (Å²) in [6.45, 7) is 4.04. The maximum Gasteiger partial charge on any atom is 0.238 e. The number of amides is 1. The lowest BCUT2D eigenvalue weighted by molar-refractivity contribution is -0.115. The van der Waals surface area contributed by atoms with Crippen LogP contribution in [0, 0.1) is 0 Å². The van der Waals surface area contributed by atoms with E-state index in [-0.39, 0.29) is 5.91 Å². The van der Waals surface area contributed by atoms with E-state index in [1.807, 2.05) is 42.5 Å². The topological polar surface area (TPSA) is 50.4 Å². The van der Waals surface area contributed by atoms with Crippen molar-refractivity contribution in [1.29, 1.82) is 0 Å². The Hall–Kier alpha value is -2.33. The average Bonchev–Trinajstić information content (AvgIpc) is 2.67. The highest BCUT2D eigenvalue weighted by Gasteiger charge is 2.02. The van der Waals surface area contributed by atoms with Crippen LogP contribution in [0.15, 0.2) is 54.6 Å². The Bertz CT molecular complexity index is 626. The molecule has 4 nitrogen and oxygen atoms in total. The molecule has 0 saturated carbocycles. The zero-order valence-electron chi connectivity index (χ0n) is 15.7. The molecule has 0 heterocycles. The summed E-state index contributed by atoms with van der Waals surface area (Å²) in [4.78, 5) is 12.0. The monoisotopic (exact) mass is 354 g/mol. The second kappa shape index (κ2) is 12.1. The van der Waals surface area contributed by atoms with Gasteiger partial charge in [0.05, 0.1) is 13.2 Å². The molecule has 0 fully saturated rings. The summed E-state index contributed by atoms with van der Waals surface area (Å²) in [5.41, 5.74) is 2.06. The number of hydrogen-bond acceptors (Lipinski definition) is 3. The van der Waals surface area contributed by atoms with Gasteiger partial charge in [0.15, 0.2) is 0 Å². The Morgan fingerprint density at radius 1 is 0.962 bits per heavy atom. The lowest BCUT2D eigenvalue weighted by Crippen LogP contribution is -2.29. The van der Waals surface area contributed by atoms with Crippen molar-refractivity contribution in [2.24, 2.45) is 0 Å². The molecule has 0 saturated heterocycles. The fraction of sp³-hybridized carbons (Fsp3) is 0.409. The van der Waals surface area contributed by atoms with Crippen LogP contribution in [-0.4, -0.2) is 25.6 Å². The van der Waals surface area contributed by atoms with Gasteiger partial charge in [-0.3, -0.25) is 4.79 Å². The lowest BCUT2D eigenvalue weighted by atomic mass is 10.1. The molecule has 0 radical (unpaired) electrons. The van der Waals surface area contributed by atoms with Crippen molar-refractivity contribution in [3.05, 3.63) is 60.2 Å². The van der Waals surface area contributed by atoms with E-state index in [0.717, 1.165) is 37.4 Å². The molecular formula is C22H30N2O2. The second-order valence-electron chi connectivity index (χ2n) is 6.39. The fourth-order valence-electron chi connectivity index (χ4n) is 2.64. The highest BCUT2D eigenvalue weighted by atomic mass is 16.5. The SMILES string of the molecule is CCCCCCOc1ccc(NC(=O)CNCCc2ccccc2)cc1. The van der Waals surface area contributed by atoms with Crippen molar-refractivity contribution in [1.82, 2.24) is 5.32 Å². The lowest BCUT2D eigenvalue weighted by Gasteiger charge is -2.09. The molecule has 0 aliphatic rings. The van der Waals surface area contributed by atoms with E-state index in [1.54, 1.807) is 0 Å². The number of nitrogens with one attached hydrogen (secondary N) is 2. The summed E-state index contributed by atoms with van der Waals surface area (Å²) in [6.07, 6.45) is 5.70. The highest BCUT2D eigenvalue weighted by molar-refractivity contribution is 5.92. The van der Waals surface area contributed by atoms with Crippen molar-refractivity contribution in [2.75, 3.05) is 25.0 Å². The van der Waals surface area contributed by atoms with Crippen LogP contribution in [0.3, 0.4) is 0 Å². The molecule has 0 atom stereocenters. The molecule has 4 heteroatoms. The minimum atomic E-state index is -0.0358. The van der Waals surface area contributed by atoms with Gasteiger partial charge in [0.2, 0.25) is 5.91 Å². The van der Waals surface area contributed by atoms with Crippen molar-refractivity contribution < 1.29 is 9.53 Å². The van der Waals surface area contributed by atoms with E-state index in [4.69, 9.17) is 4.74 Å². The summed E-state index contributed by atoms with van der Waals surface area (Å²) in [6, 6.07) is 17.8. The van der Waals surface area contributed by atoms with Crippen molar-refractivity contribution in [3.8, 4) is 5.75 Å². The molecule has 0 aliphatic heterocycles. The highest BCUT2D eigenvalue weighted by Crippen LogP contribution is 2.16. The first-order valence-corrected chi connectivity index (χ1v) is 9.55. The number of rotatable bonds is 12. The van der Waals surface area contributed by atoms with Gasteiger partial charge in [-0.05, 0) is 49.2 Å². The van der Waals surface area contributed by atoms with Crippen LogP contribution < -0.4 is 15.4 Å². The largest absolute Gasteiger partial charge is 0.494 e. The van der Waals surface area contributed by atoms with Crippen LogP contribution in [-0.2, 0) is 11.2 Å². The summed E-state index contributed by atoms with van der Waals surface area (Å²) in [5.74, 6) is 0.812. The summed E-state index contributed by atoms with van der Waals surface area (Å²) < 4.78 is 5.71. The number of unbranched alkanes of at least 4 members (excludes halogenated alkanes) is 3. The summed E-state index contributed by atoms with van der Waals surface area (Å²) in [7, 11) is 0. The molecule has 1 amide bonds. The third-order valence-corrected chi connectivity index (χ3v) is 4.12. The van der Waals surface area contributed by atoms with E-state index in [9.17, 15) is 4.79 Å². The molecule has 0 unspecified atom stereocenters. The predicted octanol–water partition coefficient (Wildman–Crippen LogP) is 4.42. The summed E-state index contributed by atoms with van der Waals surface area (Å²) >= 11 is 0. The Balaban J connectivity index is 1.60. The van der Waals surface area contributed by atoms with E-state index in [0.29, 0.717) is 6.54 Å². The van der Waals surface area contributed by atoms with Gasteiger partial charge < -0.3 is 15.4 Å². The molecule has 0 bridgehead atoms. The van der Waals surface area contributed by atoms with E-state index < -0.39 is 0 Å². The number of benzene rings is 2. The van der Waals surface area contributed by atoms with Gasteiger partial charge in [0.1, 0.15) is 5.75 Å². The molecule has 0 aliphatic carbocycles. The number of anilines is 1. The van der Waals surface area contributed by atoms with Crippen molar-refractivity contribution in [3.63, 3.8) is 0 Å². The van der Waals surface area contributed by atoms with Crippen LogP contribution >= 0.6 is 0 Å². The van der Waals surface area contributed by atoms with Crippen LogP contribution in [0.5, 0.6) is 5.75 Å². The van der Waals surface area contributed by atoms with Gasteiger partial charge in [-0.1, -0.05) is 56.5 Å². The van der Waals surface area contributed by atoms with Gasteiger partial charge in [-0.15, -0.1) is 0 Å². The van der Waals surface area contributed by atoms with E-state index in [2.05, 4.69) is 29.7 Å². The first-order chi connectivity index (χ1) is 12.8. The van der Waals surface area contributed by atoms with Crippen LogP contribution in [0.4, 0.5) is 5.69 Å². The van der Waals surface area contributed by atoms with Gasteiger partial charge in [0, 0.05) is 5.69 Å². The van der Waals surface area contributed by atoms with Crippen molar-refractivity contribution in [2.45, 2.75) is 39.0 Å². The molecule has 2 N–H and O–H groups in total. The normalized spacial score (nSPS) is 10.5. The molecular weight excluding hydrogens is 324 g/mol. The molecule has 0 spiro atoms. The molecule has 0 aromatic heterocycles. The third kappa shape index (κ3) is 8.17. The van der Waals surface area contributed by atoms with Crippen molar-refractivity contribution >= 4 is 11.6 Å². The number of ether oxygens (including phenoxy) is 1. The fourth-order valence-corrected chi connectivity index (χ4v) is 2.64. The maximum absolute atomic E-state index is 12.0. The molecule has 2 aromatic rings. The minimum Gasteiger partial charge on any atom is -0.494 e.